The predicted molar refractivity (Wildman–Crippen MR) is 86.5 cm³/mol. The molecule has 3 aromatic carbocycles. The lowest BCUT2D eigenvalue weighted by molar-refractivity contribution is 0.0926. The third-order valence-corrected chi connectivity index (χ3v) is 4.17. The molecular formula is C18H10ClNO2. The molecule has 0 unspecified atom stereocenters. The molecular weight excluding hydrogens is 298 g/mol. The zero-order valence-electron chi connectivity index (χ0n) is 11.4. The highest BCUT2D eigenvalue weighted by Crippen LogP contribution is 2.34. The lowest BCUT2D eigenvalue weighted by Gasteiger charge is -2.14. The fourth-order valence-corrected chi connectivity index (χ4v) is 3.00. The molecule has 0 atom stereocenters. The Kier molecular flexibility index (Phi) is 2.78. The molecule has 106 valence electrons. The second kappa shape index (κ2) is 4.68. The highest BCUT2D eigenvalue weighted by Gasteiger charge is 2.37. The number of carbonyl (C=O) groups is 2. The van der Waals surface area contributed by atoms with E-state index in [1.54, 1.807) is 36.4 Å². The molecule has 0 bridgehead atoms. The van der Waals surface area contributed by atoms with Crippen molar-refractivity contribution in [3.8, 4) is 0 Å². The van der Waals surface area contributed by atoms with Gasteiger partial charge in [0, 0.05) is 0 Å². The summed E-state index contributed by atoms with van der Waals surface area (Å²) in [6.07, 6.45) is 0. The van der Waals surface area contributed by atoms with Crippen LogP contribution in [0.1, 0.15) is 20.7 Å². The van der Waals surface area contributed by atoms with E-state index in [-0.39, 0.29) is 11.8 Å². The van der Waals surface area contributed by atoms with Gasteiger partial charge in [0.15, 0.2) is 0 Å². The van der Waals surface area contributed by atoms with Gasteiger partial charge in [0.05, 0.1) is 21.8 Å². The standard InChI is InChI=1S/C18H10ClNO2/c19-15-7-3-4-8-16(15)20-17(21)13-9-11-5-1-2-6-12(11)10-14(13)18(20)22/h1-10H. The maximum absolute atomic E-state index is 12.6. The van der Waals surface area contributed by atoms with Crippen molar-refractivity contribution in [2.45, 2.75) is 0 Å². The van der Waals surface area contributed by atoms with Gasteiger partial charge in [-0.15, -0.1) is 0 Å². The van der Waals surface area contributed by atoms with Gasteiger partial charge >= 0.3 is 0 Å². The Labute approximate surface area is 131 Å². The van der Waals surface area contributed by atoms with Crippen LogP contribution in [0.4, 0.5) is 5.69 Å². The molecule has 0 saturated carbocycles. The second-order valence-corrected chi connectivity index (χ2v) is 5.55. The fourth-order valence-electron chi connectivity index (χ4n) is 2.78. The van der Waals surface area contributed by atoms with Gasteiger partial charge < -0.3 is 0 Å². The van der Waals surface area contributed by atoms with Crippen LogP contribution in [-0.4, -0.2) is 11.8 Å². The topological polar surface area (TPSA) is 37.4 Å². The Bertz CT molecular complexity index is 894. The van der Waals surface area contributed by atoms with Gasteiger partial charge in [-0.3, -0.25) is 9.59 Å². The first-order valence-electron chi connectivity index (χ1n) is 6.83. The van der Waals surface area contributed by atoms with Gasteiger partial charge in [-0.1, -0.05) is 48.0 Å². The lowest BCUT2D eigenvalue weighted by atomic mass is 10.0. The Balaban J connectivity index is 1.93. The minimum Gasteiger partial charge on any atom is -0.268 e. The van der Waals surface area contributed by atoms with Crippen molar-refractivity contribution >= 4 is 39.9 Å². The number of fused-ring (bicyclic) bond motifs is 2. The molecule has 1 heterocycles. The number of benzene rings is 3. The van der Waals surface area contributed by atoms with E-state index in [4.69, 9.17) is 11.6 Å². The summed E-state index contributed by atoms with van der Waals surface area (Å²) in [6.45, 7) is 0. The highest BCUT2D eigenvalue weighted by atomic mass is 35.5. The summed E-state index contributed by atoms with van der Waals surface area (Å²) in [6, 6.07) is 18.0. The van der Waals surface area contributed by atoms with Gasteiger partial charge in [0.1, 0.15) is 0 Å². The largest absolute Gasteiger partial charge is 0.268 e. The third kappa shape index (κ3) is 1.76. The average Bonchev–Trinajstić information content (AvgIpc) is 2.77. The summed E-state index contributed by atoms with van der Waals surface area (Å²) in [7, 11) is 0. The van der Waals surface area contributed by atoms with E-state index in [2.05, 4.69) is 0 Å². The first-order valence-corrected chi connectivity index (χ1v) is 7.21. The van der Waals surface area contributed by atoms with Gasteiger partial charge in [0.2, 0.25) is 0 Å². The minimum absolute atomic E-state index is 0.334. The average molecular weight is 308 g/mol. The summed E-state index contributed by atoms with van der Waals surface area (Å²) in [4.78, 5) is 26.4. The monoisotopic (exact) mass is 307 g/mol. The van der Waals surface area contributed by atoms with E-state index in [1.165, 1.54) is 0 Å². The number of nitrogens with zero attached hydrogens (tertiary/aromatic N) is 1. The van der Waals surface area contributed by atoms with Crippen LogP contribution in [-0.2, 0) is 0 Å². The van der Waals surface area contributed by atoms with Crippen LogP contribution >= 0.6 is 11.6 Å². The van der Waals surface area contributed by atoms with Crippen LogP contribution in [0, 0.1) is 0 Å². The normalized spacial score (nSPS) is 13.8. The quantitative estimate of drug-likeness (QED) is 0.629. The van der Waals surface area contributed by atoms with Crippen molar-refractivity contribution in [1.29, 1.82) is 0 Å². The summed E-state index contributed by atoms with van der Waals surface area (Å²) < 4.78 is 0. The number of amides is 2. The van der Waals surface area contributed by atoms with Crippen molar-refractivity contribution in [1.82, 2.24) is 0 Å². The van der Waals surface area contributed by atoms with E-state index >= 15 is 0 Å². The number of hydrogen-bond acceptors (Lipinski definition) is 2. The molecule has 0 spiro atoms. The van der Waals surface area contributed by atoms with Crippen molar-refractivity contribution in [2.75, 3.05) is 4.90 Å². The van der Waals surface area contributed by atoms with Crippen molar-refractivity contribution in [3.63, 3.8) is 0 Å². The van der Waals surface area contributed by atoms with Gasteiger partial charge in [-0.25, -0.2) is 4.90 Å². The molecule has 0 saturated heterocycles. The molecule has 4 heteroatoms. The number of halogens is 1. The maximum atomic E-state index is 12.6. The summed E-state index contributed by atoms with van der Waals surface area (Å²) in [5.74, 6) is -0.669. The van der Waals surface area contributed by atoms with Crippen molar-refractivity contribution < 1.29 is 9.59 Å². The maximum Gasteiger partial charge on any atom is 0.266 e. The molecule has 22 heavy (non-hydrogen) atoms. The molecule has 3 aromatic rings. The molecule has 4 rings (SSSR count). The molecule has 1 aliphatic heterocycles. The van der Waals surface area contributed by atoms with Crippen LogP contribution < -0.4 is 4.90 Å². The van der Waals surface area contributed by atoms with E-state index in [0.29, 0.717) is 21.8 Å². The number of hydrogen-bond donors (Lipinski definition) is 0. The van der Waals surface area contributed by atoms with Crippen molar-refractivity contribution in [3.05, 3.63) is 76.8 Å². The summed E-state index contributed by atoms with van der Waals surface area (Å²) in [5.41, 5.74) is 1.26. The van der Waals surface area contributed by atoms with Crippen molar-refractivity contribution in [2.24, 2.45) is 0 Å². The highest BCUT2D eigenvalue weighted by molar-refractivity contribution is 6.40. The van der Waals surface area contributed by atoms with Gasteiger partial charge in [-0.05, 0) is 35.0 Å². The smallest absolute Gasteiger partial charge is 0.266 e. The van der Waals surface area contributed by atoms with E-state index in [1.807, 2.05) is 24.3 Å². The molecule has 0 aromatic heterocycles. The van der Waals surface area contributed by atoms with E-state index in [9.17, 15) is 9.59 Å². The van der Waals surface area contributed by atoms with E-state index in [0.717, 1.165) is 15.7 Å². The first kappa shape index (κ1) is 13.0. The number of para-hydroxylation sites is 1. The number of imide groups is 1. The molecule has 3 nitrogen and oxygen atoms in total. The Morgan fingerprint density at radius 1 is 0.727 bits per heavy atom. The molecule has 0 N–H and O–H groups in total. The number of anilines is 1. The SMILES string of the molecule is O=C1c2cc3ccccc3cc2C(=O)N1c1ccccc1Cl. The minimum atomic E-state index is -0.334. The van der Waals surface area contributed by atoms with Crippen LogP contribution in [0.15, 0.2) is 60.7 Å². The summed E-state index contributed by atoms with van der Waals surface area (Å²) in [5, 5.41) is 2.24. The van der Waals surface area contributed by atoms with Gasteiger partial charge in [-0.2, -0.15) is 0 Å². The fraction of sp³-hybridized carbons (Fsp3) is 0. The van der Waals surface area contributed by atoms with Crippen LogP contribution in [0.5, 0.6) is 0 Å². The zero-order valence-corrected chi connectivity index (χ0v) is 12.2. The lowest BCUT2D eigenvalue weighted by Crippen LogP contribution is -2.29. The molecule has 0 aliphatic carbocycles. The number of carbonyl (C=O) groups excluding carboxylic acids is 2. The molecule has 1 aliphatic rings. The van der Waals surface area contributed by atoms with Gasteiger partial charge in [0.25, 0.3) is 11.8 Å². The number of rotatable bonds is 1. The molecule has 0 fully saturated rings. The first-order chi connectivity index (χ1) is 10.7. The van der Waals surface area contributed by atoms with E-state index < -0.39 is 0 Å². The predicted octanol–water partition coefficient (Wildman–Crippen LogP) is 4.29. The Morgan fingerprint density at radius 2 is 1.23 bits per heavy atom. The van der Waals surface area contributed by atoms with Crippen LogP contribution in [0.2, 0.25) is 5.02 Å². The second-order valence-electron chi connectivity index (χ2n) is 5.14. The molecule has 0 radical (unpaired) electrons. The molecule has 2 amide bonds. The van der Waals surface area contributed by atoms with Crippen LogP contribution in [0.25, 0.3) is 10.8 Å². The zero-order chi connectivity index (χ0) is 15.3. The van der Waals surface area contributed by atoms with Crippen LogP contribution in [0.3, 0.4) is 0 Å². The third-order valence-electron chi connectivity index (χ3n) is 3.85. The Hall–Kier alpha value is -2.65. The summed E-state index contributed by atoms with van der Waals surface area (Å²) >= 11 is 6.14. The Morgan fingerprint density at radius 3 is 1.77 bits per heavy atom.